The summed E-state index contributed by atoms with van der Waals surface area (Å²) in [5, 5.41) is 2.73. The monoisotopic (exact) mass is 196 g/mol. The number of hydrogen-bond acceptors (Lipinski definition) is 3. The molecule has 0 aromatic carbocycles. The number of nitrogens with two attached hydrogens (primary N) is 1. The molecule has 0 bridgehead atoms. The normalized spacial score (nSPS) is 12.5. The SMILES string of the molecule is CC[C@@H](N)C(=O)NCc1nccn1C. The van der Waals surface area contributed by atoms with Gasteiger partial charge in [0.25, 0.3) is 0 Å². The third-order valence-corrected chi connectivity index (χ3v) is 2.12. The van der Waals surface area contributed by atoms with Crippen molar-refractivity contribution in [3.8, 4) is 0 Å². The molecule has 0 unspecified atom stereocenters. The highest BCUT2D eigenvalue weighted by atomic mass is 16.2. The van der Waals surface area contributed by atoms with Gasteiger partial charge in [-0.25, -0.2) is 4.98 Å². The minimum Gasteiger partial charge on any atom is -0.348 e. The number of nitrogens with one attached hydrogen (secondary N) is 1. The van der Waals surface area contributed by atoms with Crippen LogP contribution >= 0.6 is 0 Å². The van der Waals surface area contributed by atoms with Crippen molar-refractivity contribution < 1.29 is 4.79 Å². The van der Waals surface area contributed by atoms with Gasteiger partial charge in [-0.2, -0.15) is 0 Å². The molecule has 0 aliphatic carbocycles. The van der Waals surface area contributed by atoms with Gasteiger partial charge in [0, 0.05) is 19.4 Å². The molecule has 1 heterocycles. The third kappa shape index (κ3) is 2.56. The molecule has 3 N–H and O–H groups in total. The molecular formula is C9H16N4O. The van der Waals surface area contributed by atoms with E-state index in [2.05, 4.69) is 10.3 Å². The van der Waals surface area contributed by atoms with Gasteiger partial charge in [-0.05, 0) is 6.42 Å². The van der Waals surface area contributed by atoms with E-state index < -0.39 is 6.04 Å². The molecule has 5 heteroatoms. The Balaban J connectivity index is 2.41. The standard InChI is InChI=1S/C9H16N4O/c1-3-7(10)9(14)12-6-8-11-4-5-13(8)2/h4-5,7H,3,6,10H2,1-2H3,(H,12,14)/t7-/m1/s1. The summed E-state index contributed by atoms with van der Waals surface area (Å²) in [7, 11) is 1.88. The van der Waals surface area contributed by atoms with Gasteiger partial charge in [0.2, 0.25) is 5.91 Å². The second-order valence-electron chi connectivity index (χ2n) is 3.19. The largest absolute Gasteiger partial charge is 0.348 e. The number of imidazole rings is 1. The van der Waals surface area contributed by atoms with Crippen molar-refractivity contribution in [1.29, 1.82) is 0 Å². The first-order chi connectivity index (χ1) is 6.65. The van der Waals surface area contributed by atoms with Crippen molar-refractivity contribution in [1.82, 2.24) is 14.9 Å². The number of aromatic nitrogens is 2. The fourth-order valence-corrected chi connectivity index (χ4v) is 1.05. The molecule has 1 aromatic heterocycles. The fraction of sp³-hybridized carbons (Fsp3) is 0.556. The van der Waals surface area contributed by atoms with Crippen LogP contribution in [0.1, 0.15) is 19.2 Å². The van der Waals surface area contributed by atoms with Crippen molar-refractivity contribution in [2.75, 3.05) is 0 Å². The van der Waals surface area contributed by atoms with E-state index in [-0.39, 0.29) is 5.91 Å². The first-order valence-corrected chi connectivity index (χ1v) is 4.64. The van der Waals surface area contributed by atoms with Gasteiger partial charge in [0.05, 0.1) is 12.6 Å². The number of amides is 1. The summed E-state index contributed by atoms with van der Waals surface area (Å²) >= 11 is 0. The minimum atomic E-state index is -0.421. The zero-order chi connectivity index (χ0) is 10.6. The second-order valence-corrected chi connectivity index (χ2v) is 3.19. The Labute approximate surface area is 83.3 Å². The van der Waals surface area contributed by atoms with E-state index in [9.17, 15) is 4.79 Å². The van der Waals surface area contributed by atoms with E-state index in [4.69, 9.17) is 5.73 Å². The van der Waals surface area contributed by atoms with Gasteiger partial charge >= 0.3 is 0 Å². The van der Waals surface area contributed by atoms with E-state index in [1.165, 1.54) is 0 Å². The summed E-state index contributed by atoms with van der Waals surface area (Å²) in [6, 6.07) is -0.421. The minimum absolute atomic E-state index is 0.129. The number of rotatable bonds is 4. The van der Waals surface area contributed by atoms with Crippen LogP contribution in [0.15, 0.2) is 12.4 Å². The van der Waals surface area contributed by atoms with E-state index in [0.717, 1.165) is 5.82 Å². The lowest BCUT2D eigenvalue weighted by Gasteiger charge is -2.09. The number of hydrogen-bond donors (Lipinski definition) is 2. The van der Waals surface area contributed by atoms with Crippen LogP contribution in [0.5, 0.6) is 0 Å². The van der Waals surface area contributed by atoms with Crippen LogP contribution in [0, 0.1) is 0 Å². The predicted octanol–water partition coefficient (Wildman–Crippen LogP) is -0.226. The molecule has 5 nitrogen and oxygen atoms in total. The quantitative estimate of drug-likeness (QED) is 0.699. The van der Waals surface area contributed by atoms with Gasteiger partial charge in [-0.15, -0.1) is 0 Å². The van der Waals surface area contributed by atoms with Crippen molar-refractivity contribution >= 4 is 5.91 Å². The van der Waals surface area contributed by atoms with Crippen LogP contribution in [0.25, 0.3) is 0 Å². The topological polar surface area (TPSA) is 72.9 Å². The lowest BCUT2D eigenvalue weighted by molar-refractivity contribution is -0.122. The number of carbonyl (C=O) groups excluding carboxylic acids is 1. The van der Waals surface area contributed by atoms with Gasteiger partial charge < -0.3 is 15.6 Å². The van der Waals surface area contributed by atoms with Crippen LogP contribution < -0.4 is 11.1 Å². The van der Waals surface area contributed by atoms with Crippen molar-refractivity contribution in [2.45, 2.75) is 25.9 Å². The summed E-state index contributed by atoms with van der Waals surface area (Å²) in [5.74, 6) is 0.692. The first kappa shape index (κ1) is 10.7. The van der Waals surface area contributed by atoms with E-state index in [1.54, 1.807) is 6.20 Å². The molecule has 0 radical (unpaired) electrons. The van der Waals surface area contributed by atoms with Crippen molar-refractivity contribution in [3.63, 3.8) is 0 Å². The Hall–Kier alpha value is -1.36. The Bertz CT molecular complexity index is 308. The molecule has 0 spiro atoms. The lowest BCUT2D eigenvalue weighted by Crippen LogP contribution is -2.40. The average molecular weight is 196 g/mol. The third-order valence-electron chi connectivity index (χ3n) is 2.12. The molecule has 14 heavy (non-hydrogen) atoms. The van der Waals surface area contributed by atoms with Crippen LogP contribution in [0.4, 0.5) is 0 Å². The maximum atomic E-state index is 11.3. The summed E-state index contributed by atoms with van der Waals surface area (Å²) in [6.07, 6.45) is 4.18. The number of nitrogens with zero attached hydrogens (tertiary/aromatic N) is 2. The highest BCUT2D eigenvalue weighted by Gasteiger charge is 2.10. The molecule has 0 fully saturated rings. The van der Waals surface area contributed by atoms with Crippen molar-refractivity contribution in [2.24, 2.45) is 12.8 Å². The molecule has 1 atom stereocenters. The van der Waals surface area contributed by atoms with Crippen LogP contribution in [-0.4, -0.2) is 21.5 Å². The summed E-state index contributed by atoms with van der Waals surface area (Å²) in [4.78, 5) is 15.4. The molecule has 0 saturated carbocycles. The Morgan fingerprint density at radius 1 is 1.79 bits per heavy atom. The fourth-order valence-electron chi connectivity index (χ4n) is 1.05. The number of carbonyl (C=O) groups is 1. The van der Waals surface area contributed by atoms with Crippen LogP contribution in [0.3, 0.4) is 0 Å². The van der Waals surface area contributed by atoms with E-state index in [0.29, 0.717) is 13.0 Å². The molecule has 0 aliphatic rings. The summed E-state index contributed by atoms with van der Waals surface area (Å²) in [6.45, 7) is 2.31. The van der Waals surface area contributed by atoms with Gasteiger partial charge in [-0.1, -0.05) is 6.92 Å². The molecular weight excluding hydrogens is 180 g/mol. The Morgan fingerprint density at radius 2 is 2.50 bits per heavy atom. The lowest BCUT2D eigenvalue weighted by atomic mass is 10.2. The average Bonchev–Trinajstić information content (AvgIpc) is 2.59. The summed E-state index contributed by atoms with van der Waals surface area (Å²) < 4.78 is 1.86. The molecule has 1 rings (SSSR count). The van der Waals surface area contributed by atoms with Crippen LogP contribution in [0.2, 0.25) is 0 Å². The molecule has 0 aliphatic heterocycles. The van der Waals surface area contributed by atoms with Gasteiger partial charge in [-0.3, -0.25) is 4.79 Å². The Morgan fingerprint density at radius 3 is 3.00 bits per heavy atom. The van der Waals surface area contributed by atoms with Crippen LogP contribution in [-0.2, 0) is 18.4 Å². The molecule has 78 valence electrons. The van der Waals surface area contributed by atoms with Gasteiger partial charge in [0.1, 0.15) is 5.82 Å². The highest BCUT2D eigenvalue weighted by molar-refractivity contribution is 5.81. The predicted molar refractivity (Wildman–Crippen MR) is 53.3 cm³/mol. The molecule has 0 saturated heterocycles. The van der Waals surface area contributed by atoms with Gasteiger partial charge in [0.15, 0.2) is 0 Å². The number of aryl methyl sites for hydroxylation is 1. The molecule has 1 amide bonds. The second kappa shape index (κ2) is 4.76. The first-order valence-electron chi connectivity index (χ1n) is 4.64. The zero-order valence-corrected chi connectivity index (χ0v) is 8.53. The maximum Gasteiger partial charge on any atom is 0.237 e. The highest BCUT2D eigenvalue weighted by Crippen LogP contribution is 1.94. The van der Waals surface area contributed by atoms with E-state index in [1.807, 2.05) is 24.7 Å². The summed E-state index contributed by atoms with van der Waals surface area (Å²) in [5.41, 5.74) is 5.55. The molecule has 1 aromatic rings. The smallest absolute Gasteiger partial charge is 0.237 e. The Kier molecular flexibility index (Phi) is 3.64. The van der Waals surface area contributed by atoms with Crippen molar-refractivity contribution in [3.05, 3.63) is 18.2 Å². The van der Waals surface area contributed by atoms with E-state index >= 15 is 0 Å². The maximum absolute atomic E-state index is 11.3. The zero-order valence-electron chi connectivity index (χ0n) is 8.53.